The van der Waals surface area contributed by atoms with Crippen LogP contribution in [0.4, 0.5) is 0 Å². The number of hydrogen-bond donors (Lipinski definition) is 1. The Morgan fingerprint density at radius 1 is 1.24 bits per heavy atom. The van der Waals surface area contributed by atoms with Gasteiger partial charge in [-0.25, -0.2) is 0 Å². The van der Waals surface area contributed by atoms with Crippen LogP contribution in [-0.4, -0.2) is 18.2 Å². The second-order valence-corrected chi connectivity index (χ2v) is 6.42. The van der Waals surface area contributed by atoms with Crippen molar-refractivity contribution in [2.24, 2.45) is 0 Å². The molecule has 0 spiro atoms. The number of benzene rings is 2. The Kier molecular flexibility index (Phi) is 5.19. The van der Waals surface area contributed by atoms with Gasteiger partial charge in [0, 0.05) is 16.6 Å². The van der Waals surface area contributed by atoms with Crippen LogP contribution < -0.4 is 10.1 Å². The molecule has 3 aromatic rings. The van der Waals surface area contributed by atoms with Gasteiger partial charge in [-0.2, -0.15) is 0 Å². The molecule has 0 aliphatic rings. The topological polar surface area (TPSA) is 64.4 Å². The summed E-state index contributed by atoms with van der Waals surface area (Å²) >= 11 is 3.43. The van der Waals surface area contributed by atoms with Crippen molar-refractivity contribution in [1.82, 2.24) is 10.5 Å². The van der Waals surface area contributed by atoms with E-state index in [0.717, 1.165) is 21.3 Å². The van der Waals surface area contributed by atoms with Crippen molar-refractivity contribution in [3.63, 3.8) is 0 Å². The zero-order valence-corrected chi connectivity index (χ0v) is 15.5. The second kappa shape index (κ2) is 7.53. The lowest BCUT2D eigenvalue weighted by molar-refractivity contribution is 0.0950. The number of nitrogens with zero attached hydrogens (tertiary/aromatic N) is 1. The third-order valence-electron chi connectivity index (χ3n) is 3.78. The van der Waals surface area contributed by atoms with Crippen molar-refractivity contribution < 1.29 is 14.1 Å². The molecule has 6 heteroatoms. The van der Waals surface area contributed by atoms with E-state index in [2.05, 4.69) is 26.4 Å². The predicted octanol–water partition coefficient (Wildman–Crippen LogP) is 4.35. The Morgan fingerprint density at radius 2 is 2.04 bits per heavy atom. The number of aryl methyl sites for hydroxylation is 1. The summed E-state index contributed by atoms with van der Waals surface area (Å²) in [5.74, 6) is 1.01. The molecule has 5 nitrogen and oxygen atoms in total. The summed E-state index contributed by atoms with van der Waals surface area (Å²) in [6, 6.07) is 15.2. The molecule has 0 aliphatic heterocycles. The lowest BCUT2D eigenvalue weighted by atomic mass is 10.1. The van der Waals surface area contributed by atoms with Crippen molar-refractivity contribution >= 4 is 21.8 Å². The van der Waals surface area contributed by atoms with Gasteiger partial charge in [-0.05, 0) is 36.8 Å². The van der Waals surface area contributed by atoms with Gasteiger partial charge >= 0.3 is 0 Å². The van der Waals surface area contributed by atoms with Crippen LogP contribution in [0.5, 0.6) is 5.75 Å². The highest BCUT2D eigenvalue weighted by Gasteiger charge is 2.21. The van der Waals surface area contributed by atoms with E-state index < -0.39 is 0 Å². The first-order valence-electron chi connectivity index (χ1n) is 7.72. The molecule has 0 bridgehead atoms. The highest BCUT2D eigenvalue weighted by Crippen LogP contribution is 2.27. The molecule has 0 atom stereocenters. The van der Waals surface area contributed by atoms with Gasteiger partial charge in [0.2, 0.25) is 0 Å². The second-order valence-electron chi connectivity index (χ2n) is 5.51. The molecule has 2 aromatic carbocycles. The van der Waals surface area contributed by atoms with E-state index in [0.29, 0.717) is 23.6 Å². The maximum Gasteiger partial charge on any atom is 0.257 e. The Balaban J connectivity index is 1.81. The van der Waals surface area contributed by atoms with Crippen LogP contribution in [0.1, 0.15) is 21.7 Å². The minimum Gasteiger partial charge on any atom is -0.497 e. The summed E-state index contributed by atoms with van der Waals surface area (Å²) in [5.41, 5.74) is 2.74. The van der Waals surface area contributed by atoms with Crippen LogP contribution in [0, 0.1) is 6.92 Å². The average Bonchev–Trinajstić information content (AvgIpc) is 3.01. The van der Waals surface area contributed by atoms with Crippen LogP contribution in [0.2, 0.25) is 0 Å². The number of amides is 1. The molecule has 0 fully saturated rings. The van der Waals surface area contributed by atoms with Crippen molar-refractivity contribution in [2.45, 2.75) is 13.5 Å². The lowest BCUT2D eigenvalue weighted by Gasteiger charge is -2.07. The van der Waals surface area contributed by atoms with E-state index in [9.17, 15) is 4.79 Å². The fourth-order valence-corrected chi connectivity index (χ4v) is 2.92. The van der Waals surface area contributed by atoms with Crippen molar-refractivity contribution in [1.29, 1.82) is 0 Å². The Morgan fingerprint density at radius 3 is 2.80 bits per heavy atom. The Bertz CT molecular complexity index is 905. The van der Waals surface area contributed by atoms with E-state index in [4.69, 9.17) is 9.26 Å². The Labute approximate surface area is 154 Å². The van der Waals surface area contributed by atoms with Crippen molar-refractivity contribution in [3.05, 3.63) is 69.9 Å². The summed E-state index contributed by atoms with van der Waals surface area (Å²) in [4.78, 5) is 12.7. The normalized spacial score (nSPS) is 10.5. The number of carbonyl (C=O) groups excluding carboxylic acids is 1. The number of ether oxygens (including phenoxy) is 1. The molecule has 3 rings (SSSR count). The van der Waals surface area contributed by atoms with E-state index in [1.165, 1.54) is 0 Å². The molecule has 0 aliphatic carbocycles. The van der Waals surface area contributed by atoms with Gasteiger partial charge in [0.1, 0.15) is 22.8 Å². The predicted molar refractivity (Wildman–Crippen MR) is 98.5 cm³/mol. The number of aromatic nitrogens is 1. The van der Waals surface area contributed by atoms with Crippen molar-refractivity contribution in [2.75, 3.05) is 7.11 Å². The van der Waals surface area contributed by atoms with Crippen LogP contribution in [-0.2, 0) is 6.54 Å². The number of rotatable bonds is 5. The van der Waals surface area contributed by atoms with Gasteiger partial charge in [0.25, 0.3) is 5.91 Å². The maximum absolute atomic E-state index is 12.7. The fourth-order valence-electron chi connectivity index (χ4n) is 2.53. The van der Waals surface area contributed by atoms with Gasteiger partial charge in [0.15, 0.2) is 0 Å². The van der Waals surface area contributed by atoms with Gasteiger partial charge < -0.3 is 14.6 Å². The van der Waals surface area contributed by atoms with E-state index in [1.54, 1.807) is 14.0 Å². The summed E-state index contributed by atoms with van der Waals surface area (Å²) in [7, 11) is 1.61. The molecule has 1 amide bonds. The average molecular weight is 401 g/mol. The summed E-state index contributed by atoms with van der Waals surface area (Å²) in [6.45, 7) is 2.12. The summed E-state index contributed by atoms with van der Waals surface area (Å²) in [6.07, 6.45) is 0. The first-order chi connectivity index (χ1) is 12.1. The first-order valence-corrected chi connectivity index (χ1v) is 8.51. The third kappa shape index (κ3) is 3.91. The molecular formula is C19H17BrN2O3. The molecule has 1 heterocycles. The molecule has 0 radical (unpaired) electrons. The zero-order valence-electron chi connectivity index (χ0n) is 13.9. The number of hydrogen-bond acceptors (Lipinski definition) is 4. The highest BCUT2D eigenvalue weighted by molar-refractivity contribution is 9.10. The van der Waals surface area contributed by atoms with Crippen LogP contribution in [0.25, 0.3) is 11.3 Å². The highest BCUT2D eigenvalue weighted by atomic mass is 79.9. The smallest absolute Gasteiger partial charge is 0.257 e. The van der Waals surface area contributed by atoms with Gasteiger partial charge in [-0.1, -0.05) is 45.4 Å². The first kappa shape index (κ1) is 17.2. The summed E-state index contributed by atoms with van der Waals surface area (Å²) in [5, 5.41) is 6.97. The van der Waals surface area contributed by atoms with Crippen molar-refractivity contribution in [3.8, 4) is 17.0 Å². The molecule has 0 saturated heterocycles. The number of methoxy groups -OCH3 is 1. The van der Waals surface area contributed by atoms with Gasteiger partial charge in [-0.3, -0.25) is 4.79 Å². The molecule has 0 unspecified atom stereocenters. The minimum atomic E-state index is -0.225. The molecule has 1 aromatic heterocycles. The molecule has 1 N–H and O–H groups in total. The van der Waals surface area contributed by atoms with E-state index in [1.807, 2.05) is 48.5 Å². The standard InChI is InChI=1S/C19H17BrN2O3/c1-12-17(18(22-25-12)14-6-4-7-15(20)10-14)19(23)21-11-13-5-3-8-16(9-13)24-2/h3-10H,11H2,1-2H3,(H,21,23). The zero-order chi connectivity index (χ0) is 17.8. The molecule has 128 valence electrons. The van der Waals surface area contributed by atoms with Crippen LogP contribution in [0.3, 0.4) is 0 Å². The van der Waals surface area contributed by atoms with E-state index in [-0.39, 0.29) is 5.91 Å². The van der Waals surface area contributed by atoms with Gasteiger partial charge in [-0.15, -0.1) is 0 Å². The third-order valence-corrected chi connectivity index (χ3v) is 4.27. The maximum atomic E-state index is 12.7. The summed E-state index contributed by atoms with van der Waals surface area (Å²) < 4.78 is 11.4. The SMILES string of the molecule is COc1cccc(CNC(=O)c2c(-c3cccc(Br)c3)noc2C)c1. The number of carbonyl (C=O) groups is 1. The Hall–Kier alpha value is -2.60. The monoisotopic (exact) mass is 400 g/mol. The number of halogens is 1. The van der Waals surface area contributed by atoms with Gasteiger partial charge in [0.05, 0.1) is 7.11 Å². The lowest BCUT2D eigenvalue weighted by Crippen LogP contribution is -2.23. The van der Waals surface area contributed by atoms with Crippen LogP contribution >= 0.6 is 15.9 Å². The van der Waals surface area contributed by atoms with E-state index >= 15 is 0 Å². The molecule has 0 saturated carbocycles. The quantitative estimate of drug-likeness (QED) is 0.691. The fraction of sp³-hybridized carbons (Fsp3) is 0.158. The van der Waals surface area contributed by atoms with Crippen LogP contribution in [0.15, 0.2) is 57.5 Å². The number of nitrogens with one attached hydrogen (secondary N) is 1. The minimum absolute atomic E-state index is 0.225. The largest absolute Gasteiger partial charge is 0.497 e. The molecule has 25 heavy (non-hydrogen) atoms. The molecular weight excluding hydrogens is 384 g/mol.